The van der Waals surface area contributed by atoms with Crippen molar-refractivity contribution in [1.29, 1.82) is 0 Å². The maximum Gasteiger partial charge on any atom is 0.171 e. The largest absolute Gasteiger partial charge is 0.397 e. The lowest BCUT2D eigenvalue weighted by Gasteiger charge is -2.39. The van der Waals surface area contributed by atoms with Gasteiger partial charge in [-0.25, -0.2) is 4.39 Å². The number of hydrogen-bond donors (Lipinski definition) is 1. The van der Waals surface area contributed by atoms with Gasteiger partial charge in [-0.15, -0.1) is 0 Å². The fraction of sp³-hybridized carbons (Fsp3) is 0.538. The Kier molecular flexibility index (Phi) is 3.28. The zero-order chi connectivity index (χ0) is 13.5. The molecule has 2 aliphatic heterocycles. The van der Waals surface area contributed by atoms with E-state index in [4.69, 9.17) is 26.8 Å². The van der Waals surface area contributed by atoms with Crippen LogP contribution < -0.4 is 10.6 Å². The molecular formula is C13H16ClFN2O2. The molecule has 2 heterocycles. The smallest absolute Gasteiger partial charge is 0.171 e. The Balaban J connectivity index is 1.76. The second-order valence-electron chi connectivity index (χ2n) is 4.92. The molecule has 0 radical (unpaired) electrons. The molecule has 19 heavy (non-hydrogen) atoms. The van der Waals surface area contributed by atoms with Crippen molar-refractivity contribution in [3.8, 4) is 0 Å². The molecule has 2 fully saturated rings. The minimum Gasteiger partial charge on any atom is -0.397 e. The number of piperidine rings is 1. The molecule has 1 spiro atoms. The number of benzene rings is 1. The van der Waals surface area contributed by atoms with Crippen molar-refractivity contribution in [1.82, 2.24) is 0 Å². The summed E-state index contributed by atoms with van der Waals surface area (Å²) in [5.74, 6) is -0.909. The van der Waals surface area contributed by atoms with Crippen LogP contribution in [0.5, 0.6) is 0 Å². The summed E-state index contributed by atoms with van der Waals surface area (Å²) < 4.78 is 24.6. The lowest BCUT2D eigenvalue weighted by Crippen LogP contribution is -2.45. The van der Waals surface area contributed by atoms with Gasteiger partial charge >= 0.3 is 0 Å². The van der Waals surface area contributed by atoms with Crippen molar-refractivity contribution in [3.63, 3.8) is 0 Å². The Morgan fingerprint density at radius 3 is 2.47 bits per heavy atom. The van der Waals surface area contributed by atoms with Gasteiger partial charge < -0.3 is 20.1 Å². The number of ether oxygens (including phenoxy) is 2. The highest BCUT2D eigenvalue weighted by atomic mass is 35.5. The zero-order valence-corrected chi connectivity index (χ0v) is 11.3. The molecular weight excluding hydrogens is 271 g/mol. The van der Waals surface area contributed by atoms with Crippen LogP contribution in [0, 0.1) is 5.82 Å². The Morgan fingerprint density at radius 1 is 1.21 bits per heavy atom. The molecule has 0 atom stereocenters. The van der Waals surface area contributed by atoms with Gasteiger partial charge in [0.2, 0.25) is 0 Å². The molecule has 0 saturated carbocycles. The predicted molar refractivity (Wildman–Crippen MR) is 71.9 cm³/mol. The fourth-order valence-electron chi connectivity index (χ4n) is 2.70. The first kappa shape index (κ1) is 13.0. The maximum atomic E-state index is 13.3. The Bertz CT molecular complexity index is 482. The second kappa shape index (κ2) is 4.81. The first-order chi connectivity index (χ1) is 9.10. The molecule has 4 nitrogen and oxygen atoms in total. The predicted octanol–water partition coefficient (Wildman–Crippen LogP) is 2.40. The molecule has 0 amide bonds. The number of nitrogen functional groups attached to an aromatic ring is 1. The van der Waals surface area contributed by atoms with Crippen molar-refractivity contribution in [2.45, 2.75) is 18.6 Å². The van der Waals surface area contributed by atoms with Gasteiger partial charge in [0.1, 0.15) is 5.82 Å². The first-order valence-electron chi connectivity index (χ1n) is 6.37. The second-order valence-corrected chi connectivity index (χ2v) is 5.33. The SMILES string of the molecule is Nc1cc(F)c(Cl)cc1N1CCC2(CC1)OCCO2. The van der Waals surface area contributed by atoms with Crippen LogP contribution in [0.15, 0.2) is 12.1 Å². The lowest BCUT2D eigenvalue weighted by atomic mass is 10.0. The topological polar surface area (TPSA) is 47.7 Å². The molecule has 2 saturated heterocycles. The van der Waals surface area contributed by atoms with E-state index < -0.39 is 11.6 Å². The van der Waals surface area contributed by atoms with Crippen LogP contribution in [0.3, 0.4) is 0 Å². The van der Waals surface area contributed by atoms with Gasteiger partial charge in [-0.3, -0.25) is 0 Å². The number of rotatable bonds is 1. The van der Waals surface area contributed by atoms with E-state index in [1.54, 1.807) is 6.07 Å². The van der Waals surface area contributed by atoms with Gasteiger partial charge in [-0.2, -0.15) is 0 Å². The van der Waals surface area contributed by atoms with E-state index in [1.165, 1.54) is 6.07 Å². The number of hydrogen-bond acceptors (Lipinski definition) is 4. The van der Waals surface area contributed by atoms with Crippen molar-refractivity contribution >= 4 is 23.0 Å². The van der Waals surface area contributed by atoms with Crippen LogP contribution in [0.2, 0.25) is 5.02 Å². The third-order valence-electron chi connectivity index (χ3n) is 3.75. The number of nitrogens with two attached hydrogens (primary N) is 1. The van der Waals surface area contributed by atoms with E-state index in [9.17, 15) is 4.39 Å². The molecule has 3 rings (SSSR count). The highest BCUT2D eigenvalue weighted by Crippen LogP contribution is 2.36. The molecule has 1 aromatic rings. The van der Waals surface area contributed by atoms with Gasteiger partial charge in [-0.05, 0) is 6.07 Å². The van der Waals surface area contributed by atoms with E-state index in [-0.39, 0.29) is 5.02 Å². The average Bonchev–Trinajstić information content (AvgIpc) is 2.84. The molecule has 6 heteroatoms. The van der Waals surface area contributed by atoms with Crippen molar-refractivity contribution in [2.24, 2.45) is 0 Å². The first-order valence-corrected chi connectivity index (χ1v) is 6.75. The molecule has 104 valence electrons. The lowest BCUT2D eigenvalue weighted by molar-refractivity contribution is -0.169. The van der Waals surface area contributed by atoms with E-state index in [0.717, 1.165) is 31.6 Å². The summed E-state index contributed by atoms with van der Waals surface area (Å²) in [6.45, 7) is 2.83. The summed E-state index contributed by atoms with van der Waals surface area (Å²) in [6.07, 6.45) is 1.56. The summed E-state index contributed by atoms with van der Waals surface area (Å²) >= 11 is 5.82. The molecule has 0 aromatic heterocycles. The third kappa shape index (κ3) is 2.38. The van der Waals surface area contributed by atoms with E-state index in [0.29, 0.717) is 18.9 Å². The maximum absolute atomic E-state index is 13.3. The van der Waals surface area contributed by atoms with E-state index in [1.807, 2.05) is 0 Å². The Hall–Kier alpha value is -1.04. The van der Waals surface area contributed by atoms with Crippen LogP contribution in [0.4, 0.5) is 15.8 Å². The summed E-state index contributed by atoms with van der Waals surface area (Å²) in [5, 5.41) is 0.0952. The van der Waals surface area contributed by atoms with Gasteiger partial charge in [0.25, 0.3) is 0 Å². The van der Waals surface area contributed by atoms with Crippen LogP contribution in [0.25, 0.3) is 0 Å². The van der Waals surface area contributed by atoms with E-state index in [2.05, 4.69) is 4.90 Å². The van der Waals surface area contributed by atoms with Crippen LogP contribution >= 0.6 is 11.6 Å². The number of anilines is 2. The molecule has 1 aromatic carbocycles. The summed E-state index contributed by atoms with van der Waals surface area (Å²) in [5.41, 5.74) is 7.05. The third-order valence-corrected chi connectivity index (χ3v) is 4.04. The molecule has 2 N–H and O–H groups in total. The molecule has 0 unspecified atom stereocenters. The van der Waals surface area contributed by atoms with Gasteiger partial charge in [0.15, 0.2) is 5.79 Å². The van der Waals surface area contributed by atoms with Crippen molar-refractivity contribution in [3.05, 3.63) is 23.0 Å². The minimum absolute atomic E-state index is 0.0952. The quantitative estimate of drug-likeness (QED) is 0.806. The van der Waals surface area contributed by atoms with Gasteiger partial charge in [0.05, 0.1) is 29.6 Å². The monoisotopic (exact) mass is 286 g/mol. The normalized spacial score (nSPS) is 22.1. The number of nitrogens with zero attached hydrogens (tertiary/aromatic N) is 1. The molecule has 0 bridgehead atoms. The summed E-state index contributed by atoms with van der Waals surface area (Å²) in [6, 6.07) is 2.85. The zero-order valence-electron chi connectivity index (χ0n) is 10.5. The van der Waals surface area contributed by atoms with Crippen LogP contribution in [0.1, 0.15) is 12.8 Å². The minimum atomic E-state index is -0.487. The standard InChI is InChI=1S/C13H16ClFN2O2/c14-9-7-12(11(16)8-10(9)15)17-3-1-13(2-4-17)18-5-6-19-13/h7-8H,1-6,16H2. The average molecular weight is 287 g/mol. The Labute approximate surface area is 116 Å². The highest BCUT2D eigenvalue weighted by Gasteiger charge is 2.40. The summed E-state index contributed by atoms with van der Waals surface area (Å²) in [4.78, 5) is 2.09. The van der Waals surface area contributed by atoms with Crippen LogP contribution in [-0.4, -0.2) is 32.1 Å². The molecule has 0 aliphatic carbocycles. The van der Waals surface area contributed by atoms with Crippen molar-refractivity contribution < 1.29 is 13.9 Å². The Morgan fingerprint density at radius 2 is 1.84 bits per heavy atom. The van der Waals surface area contributed by atoms with E-state index >= 15 is 0 Å². The van der Waals surface area contributed by atoms with Gasteiger partial charge in [-0.1, -0.05) is 11.6 Å². The summed E-state index contributed by atoms with van der Waals surface area (Å²) in [7, 11) is 0. The fourth-order valence-corrected chi connectivity index (χ4v) is 2.86. The highest BCUT2D eigenvalue weighted by molar-refractivity contribution is 6.31. The number of halogens is 2. The van der Waals surface area contributed by atoms with Crippen LogP contribution in [-0.2, 0) is 9.47 Å². The van der Waals surface area contributed by atoms with Crippen molar-refractivity contribution in [2.75, 3.05) is 36.9 Å². The molecule has 2 aliphatic rings. The van der Waals surface area contributed by atoms with Gasteiger partial charge in [0, 0.05) is 32.0 Å².